The lowest BCUT2D eigenvalue weighted by Gasteiger charge is -2.32. The van der Waals surface area contributed by atoms with Crippen molar-refractivity contribution in [3.63, 3.8) is 0 Å². The highest BCUT2D eigenvalue weighted by Gasteiger charge is 2.54. The molecule has 0 bridgehead atoms. The van der Waals surface area contributed by atoms with E-state index >= 15 is 0 Å². The molecule has 4 aliphatic carbocycles. The van der Waals surface area contributed by atoms with Gasteiger partial charge in [-0.1, -0.05) is 93.0 Å². The molecule has 6 nitrogen and oxygen atoms in total. The SMILES string of the molecule is CCC1(CC(=O)C2CC(Oc3cc(C4=CCC(CC(=O)CC(C)(C)C)=C4)cc4cc(C(C)C)c(C)cc34)CC2C(=O)C(CC(=O)OC2CCCC2)C(C)(C)C)CC1C. The molecule has 0 heterocycles. The molecule has 6 unspecified atom stereocenters. The van der Waals surface area contributed by atoms with Crippen molar-refractivity contribution in [3.8, 4) is 5.75 Å². The van der Waals surface area contributed by atoms with Gasteiger partial charge in [-0.05, 0) is 139 Å². The third-order valence-electron chi connectivity index (χ3n) is 14.1. The summed E-state index contributed by atoms with van der Waals surface area (Å²) < 4.78 is 13.0. The van der Waals surface area contributed by atoms with E-state index in [0.29, 0.717) is 43.9 Å². The number of ketones is 3. The van der Waals surface area contributed by atoms with Gasteiger partial charge in [0.1, 0.15) is 35.3 Å². The molecule has 4 aliphatic rings. The van der Waals surface area contributed by atoms with E-state index in [1.165, 1.54) is 11.1 Å². The molecule has 2 aromatic carbocycles. The quantitative estimate of drug-likeness (QED) is 0.157. The van der Waals surface area contributed by atoms with Gasteiger partial charge in [0, 0.05) is 42.4 Å². The molecule has 3 saturated carbocycles. The van der Waals surface area contributed by atoms with E-state index in [0.717, 1.165) is 78.2 Å². The van der Waals surface area contributed by atoms with Crippen LogP contribution >= 0.6 is 0 Å². The van der Waals surface area contributed by atoms with Crippen LogP contribution in [0.25, 0.3) is 16.3 Å². The lowest BCUT2D eigenvalue weighted by molar-refractivity contribution is -0.154. The van der Waals surface area contributed by atoms with E-state index < -0.39 is 23.2 Å². The summed E-state index contributed by atoms with van der Waals surface area (Å²) in [5, 5.41) is 2.11. The van der Waals surface area contributed by atoms with Crippen molar-refractivity contribution in [1.82, 2.24) is 0 Å². The third kappa shape index (κ3) is 10.2. The van der Waals surface area contributed by atoms with E-state index in [2.05, 4.69) is 91.8 Å². The number of fused-ring (bicyclic) bond motifs is 1. The van der Waals surface area contributed by atoms with E-state index in [1.807, 2.05) is 20.8 Å². The number of hydrogen-bond donors (Lipinski definition) is 0. The molecule has 0 amide bonds. The van der Waals surface area contributed by atoms with Crippen LogP contribution in [0.3, 0.4) is 0 Å². The van der Waals surface area contributed by atoms with Crippen LogP contribution in [0.2, 0.25) is 0 Å². The molecule has 316 valence electrons. The van der Waals surface area contributed by atoms with Crippen molar-refractivity contribution >= 4 is 39.7 Å². The Morgan fingerprint density at radius 3 is 2.19 bits per heavy atom. The normalized spacial score (nSPS) is 25.5. The summed E-state index contributed by atoms with van der Waals surface area (Å²) in [7, 11) is 0. The number of hydrogen-bond acceptors (Lipinski definition) is 6. The molecule has 0 spiro atoms. The molecule has 0 aliphatic heterocycles. The Balaban J connectivity index is 1.32. The first-order valence-corrected chi connectivity index (χ1v) is 22.6. The van der Waals surface area contributed by atoms with Crippen molar-refractivity contribution in [2.75, 3.05) is 0 Å². The summed E-state index contributed by atoms with van der Waals surface area (Å²) >= 11 is 0. The van der Waals surface area contributed by atoms with Crippen LogP contribution in [0.4, 0.5) is 0 Å². The van der Waals surface area contributed by atoms with Gasteiger partial charge >= 0.3 is 5.97 Å². The minimum atomic E-state index is -0.563. The Morgan fingerprint density at radius 1 is 0.914 bits per heavy atom. The summed E-state index contributed by atoms with van der Waals surface area (Å²) in [6.07, 6.45) is 13.1. The van der Waals surface area contributed by atoms with Crippen LogP contribution in [0.15, 0.2) is 42.0 Å². The molecule has 0 aromatic heterocycles. The van der Waals surface area contributed by atoms with Crippen molar-refractivity contribution in [2.45, 2.75) is 178 Å². The van der Waals surface area contributed by atoms with Gasteiger partial charge in [-0.3, -0.25) is 19.2 Å². The number of esters is 1. The molecule has 0 saturated heterocycles. The van der Waals surface area contributed by atoms with Crippen molar-refractivity contribution < 1.29 is 28.7 Å². The highest BCUT2D eigenvalue weighted by molar-refractivity contribution is 5.96. The average molecular weight is 793 g/mol. The predicted molar refractivity (Wildman–Crippen MR) is 235 cm³/mol. The summed E-state index contributed by atoms with van der Waals surface area (Å²) in [6, 6.07) is 8.87. The number of aryl methyl sites for hydroxylation is 1. The Labute approximate surface area is 349 Å². The maximum Gasteiger partial charge on any atom is 0.306 e. The lowest BCUT2D eigenvalue weighted by atomic mass is 9.70. The predicted octanol–water partition coefficient (Wildman–Crippen LogP) is 12.7. The number of carbonyl (C=O) groups is 4. The first-order chi connectivity index (χ1) is 27.2. The molecule has 6 heteroatoms. The van der Waals surface area contributed by atoms with E-state index in [1.54, 1.807) is 0 Å². The van der Waals surface area contributed by atoms with Crippen LogP contribution in [0, 0.1) is 46.8 Å². The number of rotatable bonds is 16. The largest absolute Gasteiger partial charge is 0.490 e. The number of Topliss-reactive ketones (excluding diaryl/α,β-unsaturated/α-hetero) is 3. The van der Waals surface area contributed by atoms with Crippen LogP contribution in [-0.4, -0.2) is 35.5 Å². The van der Waals surface area contributed by atoms with Crippen molar-refractivity contribution in [2.24, 2.45) is 39.9 Å². The van der Waals surface area contributed by atoms with Gasteiger partial charge in [0.15, 0.2) is 0 Å². The maximum atomic E-state index is 14.9. The van der Waals surface area contributed by atoms with Gasteiger partial charge in [0.25, 0.3) is 0 Å². The number of benzene rings is 2. The van der Waals surface area contributed by atoms with Gasteiger partial charge < -0.3 is 9.47 Å². The molecule has 6 rings (SSSR count). The molecule has 2 aromatic rings. The summed E-state index contributed by atoms with van der Waals surface area (Å²) in [4.78, 5) is 55.7. The van der Waals surface area contributed by atoms with Crippen molar-refractivity contribution in [1.29, 1.82) is 0 Å². The summed E-state index contributed by atoms with van der Waals surface area (Å²) in [5.74, 6) is 0.197. The van der Waals surface area contributed by atoms with Gasteiger partial charge in [-0.15, -0.1) is 0 Å². The van der Waals surface area contributed by atoms with Crippen LogP contribution in [-0.2, 0) is 23.9 Å². The zero-order chi connectivity index (χ0) is 42.3. The van der Waals surface area contributed by atoms with Gasteiger partial charge in [0.2, 0.25) is 0 Å². The maximum absolute atomic E-state index is 14.9. The minimum absolute atomic E-state index is 0.000490. The highest BCUT2D eigenvalue weighted by atomic mass is 16.5. The molecular formula is C52H72O6. The van der Waals surface area contributed by atoms with Gasteiger partial charge in [-0.2, -0.15) is 0 Å². The first kappa shape index (κ1) is 44.0. The fourth-order valence-electron chi connectivity index (χ4n) is 10.5. The monoisotopic (exact) mass is 793 g/mol. The average Bonchev–Trinajstić information content (AvgIpc) is 3.63. The molecule has 6 atom stereocenters. The molecule has 58 heavy (non-hydrogen) atoms. The fraction of sp³-hybridized carbons (Fsp3) is 0.654. The number of allylic oxidation sites excluding steroid dienone is 4. The zero-order valence-electron chi connectivity index (χ0n) is 37.6. The van der Waals surface area contributed by atoms with E-state index in [4.69, 9.17) is 9.47 Å². The Hall–Kier alpha value is -3.54. The second kappa shape index (κ2) is 17.2. The third-order valence-corrected chi connectivity index (χ3v) is 14.1. The standard InChI is InChI=1S/C52H72O6/c1-12-52(28-33(52)5)30-46(54)43-25-40(26-44(43)49(56)45(51(9,10)11)27-48(55)58-39-15-13-14-16-39)57-47-24-36(22-37-23-41(31(2)3)32(4)19-42(37)47)35-18-17-34(20-35)21-38(53)29-50(6,7)8/h18-20,22-24,31,33,39-40,43-45H,12-17,21,25-30H2,1-11H3. The lowest BCUT2D eigenvalue weighted by Crippen LogP contribution is -2.38. The second-order valence-electron chi connectivity index (χ2n) is 21.5. The minimum Gasteiger partial charge on any atom is -0.490 e. The molecular weight excluding hydrogens is 721 g/mol. The number of carbonyl (C=O) groups excluding carboxylic acids is 4. The smallest absolute Gasteiger partial charge is 0.306 e. The van der Waals surface area contributed by atoms with E-state index in [-0.39, 0.29) is 52.8 Å². The molecule has 0 N–H and O–H groups in total. The topological polar surface area (TPSA) is 86.7 Å². The Morgan fingerprint density at radius 2 is 1.59 bits per heavy atom. The van der Waals surface area contributed by atoms with Gasteiger partial charge in [-0.25, -0.2) is 0 Å². The second-order valence-corrected chi connectivity index (χ2v) is 21.5. The van der Waals surface area contributed by atoms with E-state index in [9.17, 15) is 19.2 Å². The highest BCUT2D eigenvalue weighted by Crippen LogP contribution is 2.58. The first-order valence-electron chi connectivity index (χ1n) is 22.6. The summed E-state index contributed by atoms with van der Waals surface area (Å²) in [6.45, 7) is 23.4. The Bertz CT molecular complexity index is 1950. The summed E-state index contributed by atoms with van der Waals surface area (Å²) in [5.41, 5.74) is 5.25. The van der Waals surface area contributed by atoms with Crippen LogP contribution in [0.1, 0.15) is 175 Å². The van der Waals surface area contributed by atoms with Crippen LogP contribution < -0.4 is 4.74 Å². The van der Waals surface area contributed by atoms with Crippen LogP contribution in [0.5, 0.6) is 5.75 Å². The fourth-order valence-corrected chi connectivity index (χ4v) is 10.5. The molecule has 0 radical (unpaired) electrons. The van der Waals surface area contributed by atoms with Gasteiger partial charge in [0.05, 0.1) is 6.42 Å². The number of ether oxygens (including phenoxy) is 2. The zero-order valence-corrected chi connectivity index (χ0v) is 37.6. The molecule has 3 fully saturated rings. The van der Waals surface area contributed by atoms with Crippen molar-refractivity contribution in [3.05, 3.63) is 58.7 Å². The Kier molecular flexibility index (Phi) is 13.1.